The van der Waals surface area contributed by atoms with E-state index in [1.165, 1.54) is 0 Å². The van der Waals surface area contributed by atoms with E-state index in [1.807, 2.05) is 31.2 Å². The molecule has 0 heterocycles. The number of ether oxygens (including phenoxy) is 1. The number of alkyl halides is 2. The van der Waals surface area contributed by atoms with Gasteiger partial charge in [0.1, 0.15) is 10.0 Å². The van der Waals surface area contributed by atoms with E-state index in [9.17, 15) is 0 Å². The summed E-state index contributed by atoms with van der Waals surface area (Å²) >= 11 is 9.08. The number of rotatable bonds is 3. The lowest BCUT2D eigenvalue weighted by Gasteiger charge is -2.04. The monoisotopic (exact) mass is 248 g/mol. The van der Waals surface area contributed by atoms with Crippen LogP contribution in [0.3, 0.4) is 0 Å². The fourth-order valence-electron chi connectivity index (χ4n) is 0.876. The minimum absolute atomic E-state index is 0.117. The molecule has 1 atom stereocenters. The highest BCUT2D eigenvalue weighted by Gasteiger charge is 2.01. The summed E-state index contributed by atoms with van der Waals surface area (Å²) in [6.07, 6.45) is 0. The lowest BCUT2D eigenvalue weighted by Crippen LogP contribution is -1.91. The minimum Gasteiger partial charge on any atom is -0.494 e. The number of hydrogen-bond acceptors (Lipinski definition) is 1. The van der Waals surface area contributed by atoms with Crippen molar-refractivity contribution in [2.45, 2.75) is 11.2 Å². The van der Waals surface area contributed by atoms with E-state index < -0.39 is 0 Å². The van der Waals surface area contributed by atoms with Crippen LogP contribution in [0.5, 0.6) is 5.75 Å². The second-order valence-electron chi connectivity index (χ2n) is 2.30. The van der Waals surface area contributed by atoms with Crippen LogP contribution in [0, 0.1) is 0 Å². The summed E-state index contributed by atoms with van der Waals surface area (Å²) < 4.78 is 5.16. The first kappa shape index (κ1) is 9.87. The van der Waals surface area contributed by atoms with Crippen molar-refractivity contribution in [1.82, 2.24) is 0 Å². The van der Waals surface area contributed by atoms with Gasteiger partial charge in [-0.05, 0) is 24.6 Å². The molecule has 0 spiro atoms. The zero-order valence-electron chi connectivity index (χ0n) is 6.76. The maximum Gasteiger partial charge on any atom is 0.119 e. The molecule has 0 saturated heterocycles. The Morgan fingerprint density at radius 3 is 2.42 bits per heavy atom. The molecule has 0 aliphatic rings. The van der Waals surface area contributed by atoms with Crippen molar-refractivity contribution >= 4 is 27.5 Å². The molecule has 1 aromatic carbocycles. The fourth-order valence-corrected chi connectivity index (χ4v) is 1.33. The summed E-state index contributed by atoms with van der Waals surface area (Å²) in [5.74, 6) is 0.881. The van der Waals surface area contributed by atoms with Crippen LogP contribution in [0.1, 0.15) is 16.8 Å². The SMILES string of the molecule is CCOc1ccc(C(Cl)Br)cc1. The van der Waals surface area contributed by atoms with Gasteiger partial charge < -0.3 is 4.74 Å². The molecule has 66 valence electrons. The Morgan fingerprint density at radius 2 is 2.00 bits per heavy atom. The Bertz CT molecular complexity index is 233. The van der Waals surface area contributed by atoms with Crippen molar-refractivity contribution in [3.05, 3.63) is 29.8 Å². The summed E-state index contributed by atoms with van der Waals surface area (Å²) in [6, 6.07) is 7.71. The summed E-state index contributed by atoms with van der Waals surface area (Å²) in [4.78, 5) is 0. The van der Waals surface area contributed by atoms with Gasteiger partial charge in [-0.15, -0.1) is 11.6 Å². The maximum absolute atomic E-state index is 5.81. The highest BCUT2D eigenvalue weighted by Crippen LogP contribution is 2.27. The van der Waals surface area contributed by atoms with Gasteiger partial charge in [-0.2, -0.15) is 0 Å². The molecule has 12 heavy (non-hydrogen) atoms. The second kappa shape index (κ2) is 4.73. The molecule has 0 saturated carbocycles. The van der Waals surface area contributed by atoms with Gasteiger partial charge in [0.2, 0.25) is 0 Å². The molecule has 0 amide bonds. The van der Waals surface area contributed by atoms with Gasteiger partial charge >= 0.3 is 0 Å². The highest BCUT2D eigenvalue weighted by molar-refractivity contribution is 9.09. The van der Waals surface area contributed by atoms with E-state index in [-0.39, 0.29) is 4.29 Å². The molecule has 0 bridgehead atoms. The normalized spacial score (nSPS) is 12.6. The Kier molecular flexibility index (Phi) is 3.89. The first-order valence-electron chi connectivity index (χ1n) is 3.75. The Morgan fingerprint density at radius 1 is 1.42 bits per heavy atom. The van der Waals surface area contributed by atoms with Crippen LogP contribution < -0.4 is 4.74 Å². The van der Waals surface area contributed by atoms with Crippen LogP contribution in [0.25, 0.3) is 0 Å². The molecular weight excluding hydrogens is 239 g/mol. The average Bonchev–Trinajstić information content (AvgIpc) is 2.06. The zero-order chi connectivity index (χ0) is 8.97. The van der Waals surface area contributed by atoms with Crippen molar-refractivity contribution in [2.75, 3.05) is 6.61 Å². The van der Waals surface area contributed by atoms with Crippen molar-refractivity contribution in [3.8, 4) is 5.75 Å². The Hall–Kier alpha value is -0.210. The summed E-state index contributed by atoms with van der Waals surface area (Å²) in [5, 5.41) is 0. The Labute approximate surface area is 85.8 Å². The first-order chi connectivity index (χ1) is 5.74. The third-order valence-electron chi connectivity index (χ3n) is 1.44. The number of benzene rings is 1. The predicted molar refractivity (Wildman–Crippen MR) is 55.1 cm³/mol. The topological polar surface area (TPSA) is 9.23 Å². The van der Waals surface area contributed by atoms with E-state index in [0.29, 0.717) is 6.61 Å². The molecule has 0 N–H and O–H groups in total. The van der Waals surface area contributed by atoms with Crippen LogP contribution >= 0.6 is 27.5 Å². The molecule has 1 rings (SSSR count). The summed E-state index contributed by atoms with van der Waals surface area (Å²) in [6.45, 7) is 2.65. The van der Waals surface area contributed by atoms with Crippen molar-refractivity contribution in [1.29, 1.82) is 0 Å². The van der Waals surface area contributed by atoms with Gasteiger partial charge in [0, 0.05) is 0 Å². The fraction of sp³-hybridized carbons (Fsp3) is 0.333. The van der Waals surface area contributed by atoms with Gasteiger partial charge in [0.05, 0.1) is 6.61 Å². The van der Waals surface area contributed by atoms with Crippen LogP contribution in [-0.2, 0) is 0 Å². The third kappa shape index (κ3) is 2.68. The molecular formula is C9H10BrClO. The second-order valence-corrected chi connectivity index (χ2v) is 4.18. The first-order valence-corrected chi connectivity index (χ1v) is 5.10. The van der Waals surface area contributed by atoms with E-state index in [0.717, 1.165) is 11.3 Å². The molecule has 0 aliphatic carbocycles. The maximum atomic E-state index is 5.81. The van der Waals surface area contributed by atoms with Crippen LogP contribution in [0.2, 0.25) is 0 Å². The standard InChI is InChI=1S/C9H10BrClO/c1-2-12-8-5-3-7(4-6-8)9(10)11/h3-6,9H,2H2,1H3. The zero-order valence-corrected chi connectivity index (χ0v) is 9.10. The Balaban J connectivity index is 2.71. The van der Waals surface area contributed by atoms with Crippen LogP contribution in [0.4, 0.5) is 0 Å². The lowest BCUT2D eigenvalue weighted by molar-refractivity contribution is 0.340. The van der Waals surface area contributed by atoms with Crippen molar-refractivity contribution in [3.63, 3.8) is 0 Å². The summed E-state index contributed by atoms with van der Waals surface area (Å²) in [7, 11) is 0. The highest BCUT2D eigenvalue weighted by atomic mass is 79.9. The number of halogens is 2. The van der Waals surface area contributed by atoms with Crippen LogP contribution in [0.15, 0.2) is 24.3 Å². The van der Waals surface area contributed by atoms with Crippen molar-refractivity contribution in [2.24, 2.45) is 0 Å². The van der Waals surface area contributed by atoms with Gasteiger partial charge in [-0.25, -0.2) is 0 Å². The molecule has 1 nitrogen and oxygen atoms in total. The predicted octanol–water partition coefficient (Wildman–Crippen LogP) is 3.72. The van der Waals surface area contributed by atoms with E-state index in [4.69, 9.17) is 16.3 Å². The molecule has 3 heteroatoms. The average molecular weight is 250 g/mol. The van der Waals surface area contributed by atoms with Gasteiger partial charge in [0.25, 0.3) is 0 Å². The molecule has 0 radical (unpaired) electrons. The molecule has 1 aromatic rings. The molecule has 0 aliphatic heterocycles. The largest absolute Gasteiger partial charge is 0.494 e. The summed E-state index contributed by atoms with van der Waals surface area (Å²) in [5.41, 5.74) is 1.04. The van der Waals surface area contributed by atoms with Gasteiger partial charge in [-0.1, -0.05) is 28.1 Å². The quantitative estimate of drug-likeness (QED) is 0.742. The van der Waals surface area contributed by atoms with Gasteiger partial charge in [0.15, 0.2) is 0 Å². The van der Waals surface area contributed by atoms with E-state index >= 15 is 0 Å². The molecule has 0 fully saturated rings. The van der Waals surface area contributed by atoms with Gasteiger partial charge in [-0.3, -0.25) is 0 Å². The number of hydrogen-bond donors (Lipinski definition) is 0. The van der Waals surface area contributed by atoms with E-state index in [2.05, 4.69) is 15.9 Å². The van der Waals surface area contributed by atoms with Crippen LogP contribution in [-0.4, -0.2) is 6.61 Å². The van der Waals surface area contributed by atoms with E-state index in [1.54, 1.807) is 0 Å². The molecule has 0 aromatic heterocycles. The smallest absolute Gasteiger partial charge is 0.119 e. The van der Waals surface area contributed by atoms with Crippen molar-refractivity contribution < 1.29 is 4.74 Å². The lowest BCUT2D eigenvalue weighted by atomic mass is 10.2. The third-order valence-corrected chi connectivity index (χ3v) is 2.22. The molecule has 1 unspecified atom stereocenters. The minimum atomic E-state index is -0.117.